The molecule has 2 aliphatic carbocycles. The topological polar surface area (TPSA) is 114 Å². The predicted molar refractivity (Wildman–Crippen MR) is 165 cm³/mol. The minimum Gasteiger partial charge on any atom is -0.490 e. The summed E-state index contributed by atoms with van der Waals surface area (Å²) in [6.45, 7) is 3.76. The molecule has 0 aromatic heterocycles. The van der Waals surface area contributed by atoms with E-state index in [0.717, 1.165) is 61.7 Å². The number of anilines is 1. The van der Waals surface area contributed by atoms with E-state index in [0.29, 0.717) is 18.1 Å². The average molecular weight is 614 g/mol. The van der Waals surface area contributed by atoms with Crippen molar-refractivity contribution in [3.63, 3.8) is 0 Å². The highest BCUT2D eigenvalue weighted by molar-refractivity contribution is 7.91. The third-order valence-electron chi connectivity index (χ3n) is 9.73. The minimum atomic E-state index is -3.37. The second-order valence-corrected chi connectivity index (χ2v) is 14.9. The first-order valence-corrected chi connectivity index (χ1v) is 17.0. The highest BCUT2D eigenvalue weighted by Crippen LogP contribution is 2.47. The Morgan fingerprint density at radius 2 is 2.05 bits per heavy atom. The van der Waals surface area contributed by atoms with Crippen molar-refractivity contribution in [2.24, 2.45) is 27.3 Å². The summed E-state index contributed by atoms with van der Waals surface area (Å²) >= 11 is 6.40. The number of amides is 1. The number of ether oxygens (including phenoxy) is 2. The number of aliphatic hydroxyl groups excluding tert-OH is 1. The van der Waals surface area contributed by atoms with E-state index in [4.69, 9.17) is 26.2 Å². The summed E-state index contributed by atoms with van der Waals surface area (Å²) in [5.74, 6) is 0.145. The van der Waals surface area contributed by atoms with Gasteiger partial charge in [0.15, 0.2) is 0 Å². The van der Waals surface area contributed by atoms with Crippen molar-refractivity contribution in [1.29, 1.82) is 0 Å². The van der Waals surface area contributed by atoms with Gasteiger partial charge in [-0.25, -0.2) is 9.35 Å². The zero-order chi connectivity index (χ0) is 29.6. The number of rotatable bonds is 1. The van der Waals surface area contributed by atoms with Crippen LogP contribution in [0.3, 0.4) is 0 Å². The molecule has 42 heavy (non-hydrogen) atoms. The maximum Gasteiger partial charge on any atom is 0.286 e. The summed E-state index contributed by atoms with van der Waals surface area (Å²) in [6.07, 6.45) is 7.67. The molecular formula is C32H40ClN3O5S. The van der Waals surface area contributed by atoms with Gasteiger partial charge in [-0.3, -0.25) is 4.79 Å². The number of carbonyl (C=O) groups excluding carboxylic acids is 1. The number of nitrogens with two attached hydrogens (primary N) is 1. The van der Waals surface area contributed by atoms with Crippen LogP contribution >= 0.6 is 11.6 Å². The first-order valence-electron chi connectivity index (χ1n) is 14.8. The van der Waals surface area contributed by atoms with Crippen LogP contribution in [-0.2, 0) is 26.5 Å². The zero-order valence-electron chi connectivity index (χ0n) is 24.2. The monoisotopic (exact) mass is 613 g/mol. The number of aliphatic hydroxyl groups is 1. The molecule has 1 fully saturated rings. The molecule has 0 saturated heterocycles. The molecule has 6 rings (SSSR count). The van der Waals surface area contributed by atoms with Gasteiger partial charge in [0.1, 0.15) is 15.7 Å². The lowest BCUT2D eigenvalue weighted by atomic mass is 9.68. The third kappa shape index (κ3) is 5.74. The second-order valence-electron chi connectivity index (χ2n) is 12.6. The second kappa shape index (κ2) is 11.6. The van der Waals surface area contributed by atoms with E-state index in [2.05, 4.69) is 21.4 Å². The molecule has 2 bridgehead atoms. The lowest BCUT2D eigenvalue weighted by Crippen LogP contribution is -2.49. The quantitative estimate of drug-likeness (QED) is 0.442. The Morgan fingerprint density at radius 1 is 1.21 bits per heavy atom. The van der Waals surface area contributed by atoms with E-state index < -0.39 is 27.8 Å². The average Bonchev–Trinajstić information content (AvgIpc) is 3.08. The molecule has 1 saturated carbocycles. The highest BCUT2D eigenvalue weighted by Gasteiger charge is 2.44. The van der Waals surface area contributed by atoms with Crippen molar-refractivity contribution >= 4 is 33.1 Å². The highest BCUT2D eigenvalue weighted by atomic mass is 35.5. The number of hydrogen-bond acceptors (Lipinski definition) is 6. The maximum atomic E-state index is 13.3. The third-order valence-corrected chi connectivity index (χ3v) is 11.4. The standard InChI is InChI=1S/C32H40ClN3O5S/c1-20-17-42(34,39)35-31(38)22-6-11-30-27(15-22)36(16-23-5-8-25(23)29(40-2)12-10-28(20)37)18-32(19-41-30)13-3-4-21-14-24(33)7-9-26(21)32/h6-7,9-12,14-15,20,23,25,28-29,37H,3-5,8,13,16-19H2,1-2H3,(H2,34,35,38,39)/b12-10+/t20-,23+,25-,28+,29+,32+,42?/m1/s1. The molecule has 8 nitrogen and oxygen atoms in total. The van der Waals surface area contributed by atoms with Gasteiger partial charge < -0.3 is 19.5 Å². The van der Waals surface area contributed by atoms with E-state index in [-0.39, 0.29) is 23.2 Å². The van der Waals surface area contributed by atoms with Gasteiger partial charge in [0.05, 0.1) is 30.3 Å². The summed E-state index contributed by atoms with van der Waals surface area (Å²) in [4.78, 5) is 15.7. The van der Waals surface area contributed by atoms with Crippen LogP contribution in [0, 0.1) is 17.8 Å². The molecule has 1 unspecified atom stereocenters. The van der Waals surface area contributed by atoms with Gasteiger partial charge in [0.25, 0.3) is 5.91 Å². The molecule has 10 heteroatoms. The van der Waals surface area contributed by atoms with Crippen molar-refractivity contribution in [1.82, 2.24) is 0 Å². The Bertz CT molecular complexity index is 1520. The van der Waals surface area contributed by atoms with Crippen molar-refractivity contribution < 1.29 is 23.6 Å². The molecule has 4 aliphatic rings. The van der Waals surface area contributed by atoms with Crippen LogP contribution < -0.4 is 14.8 Å². The van der Waals surface area contributed by atoms with E-state index in [9.17, 15) is 14.1 Å². The number of nitrogens with zero attached hydrogens (tertiary/aromatic N) is 2. The summed E-state index contributed by atoms with van der Waals surface area (Å²) in [6, 6.07) is 11.5. The summed E-state index contributed by atoms with van der Waals surface area (Å²) in [7, 11) is -1.67. The molecule has 2 heterocycles. The molecule has 1 spiro atoms. The largest absolute Gasteiger partial charge is 0.490 e. The van der Waals surface area contributed by atoms with Crippen LogP contribution in [0.5, 0.6) is 5.75 Å². The van der Waals surface area contributed by atoms with E-state index in [1.54, 1.807) is 26.2 Å². The van der Waals surface area contributed by atoms with Crippen molar-refractivity contribution in [3.05, 3.63) is 70.3 Å². The Hall–Kier alpha value is -2.43. The lowest BCUT2D eigenvalue weighted by Gasteiger charge is -2.46. The van der Waals surface area contributed by atoms with Crippen molar-refractivity contribution in [2.75, 3.05) is 37.5 Å². The first-order chi connectivity index (χ1) is 20.1. The van der Waals surface area contributed by atoms with Gasteiger partial charge >= 0.3 is 0 Å². The van der Waals surface area contributed by atoms with Crippen LogP contribution in [0.4, 0.5) is 5.69 Å². The van der Waals surface area contributed by atoms with E-state index in [1.165, 1.54) is 11.1 Å². The molecule has 3 N–H and O–H groups in total. The van der Waals surface area contributed by atoms with Crippen LogP contribution in [0.2, 0.25) is 5.02 Å². The molecule has 7 atom stereocenters. The number of halogens is 1. The maximum absolute atomic E-state index is 13.3. The summed E-state index contributed by atoms with van der Waals surface area (Å²) in [5, 5.41) is 17.6. The number of carbonyl (C=O) groups is 1. The predicted octanol–water partition coefficient (Wildman–Crippen LogP) is 4.90. The SMILES string of the molecule is CO[C@H]1/C=C/[C@H](O)[C@H](C)CS(N)(=O)=NC(=O)c2ccc3c(c2)N(C[C@@H]2CC[C@H]21)C[C@@]1(CCCc2cc(Cl)ccc21)CO3. The van der Waals surface area contributed by atoms with Gasteiger partial charge in [0.2, 0.25) is 0 Å². The Labute approximate surface area is 253 Å². The minimum absolute atomic E-state index is 0.111. The van der Waals surface area contributed by atoms with Gasteiger partial charge in [-0.05, 0) is 91.3 Å². The summed E-state index contributed by atoms with van der Waals surface area (Å²) in [5.41, 5.74) is 3.45. The number of fused-ring (bicyclic) bond motifs is 4. The van der Waals surface area contributed by atoms with Crippen molar-refractivity contribution in [2.45, 2.75) is 56.7 Å². The van der Waals surface area contributed by atoms with Crippen LogP contribution in [0.1, 0.15) is 54.1 Å². The molecule has 0 radical (unpaired) electrons. The Morgan fingerprint density at radius 3 is 2.81 bits per heavy atom. The van der Waals surface area contributed by atoms with Crippen LogP contribution in [0.25, 0.3) is 0 Å². The van der Waals surface area contributed by atoms with Gasteiger partial charge in [0, 0.05) is 36.2 Å². The summed E-state index contributed by atoms with van der Waals surface area (Å²) < 4.78 is 29.6. The molecular weight excluding hydrogens is 574 g/mol. The smallest absolute Gasteiger partial charge is 0.286 e. The molecule has 2 aromatic rings. The van der Waals surface area contributed by atoms with Gasteiger partial charge in [-0.2, -0.15) is 0 Å². The first kappa shape index (κ1) is 29.6. The Balaban J connectivity index is 1.45. The fraction of sp³-hybridized carbons (Fsp3) is 0.531. The van der Waals surface area contributed by atoms with E-state index >= 15 is 0 Å². The lowest BCUT2D eigenvalue weighted by molar-refractivity contribution is 0.0124. The van der Waals surface area contributed by atoms with E-state index in [1.807, 2.05) is 24.3 Å². The van der Waals surface area contributed by atoms with Gasteiger partial charge in [-0.1, -0.05) is 36.7 Å². The number of methoxy groups -OCH3 is 1. The van der Waals surface area contributed by atoms with Crippen LogP contribution in [-0.4, -0.2) is 60.0 Å². The molecule has 1 amide bonds. The Kier molecular flexibility index (Phi) is 8.17. The fourth-order valence-corrected chi connectivity index (χ4v) is 8.90. The number of aryl methyl sites for hydroxylation is 1. The van der Waals surface area contributed by atoms with Gasteiger partial charge in [-0.15, -0.1) is 4.36 Å². The normalized spacial score (nSPS) is 35.6. The number of hydrogen-bond donors (Lipinski definition) is 2. The molecule has 2 aliphatic heterocycles. The zero-order valence-corrected chi connectivity index (χ0v) is 25.8. The molecule has 2 aromatic carbocycles. The number of benzene rings is 2. The fourth-order valence-electron chi connectivity index (χ4n) is 7.30. The van der Waals surface area contributed by atoms with Crippen LogP contribution in [0.15, 0.2) is 52.9 Å². The molecule has 226 valence electrons. The van der Waals surface area contributed by atoms with Crippen molar-refractivity contribution in [3.8, 4) is 5.75 Å².